The van der Waals surface area contributed by atoms with Crippen LogP contribution in [-0.4, -0.2) is 37.9 Å². The summed E-state index contributed by atoms with van der Waals surface area (Å²) in [6.45, 7) is 0. The van der Waals surface area contributed by atoms with Gasteiger partial charge in [0, 0.05) is 6.42 Å². The second kappa shape index (κ2) is 8.43. The van der Waals surface area contributed by atoms with E-state index in [-0.39, 0.29) is 12.1 Å². The fourth-order valence-corrected chi connectivity index (χ4v) is 5.31. The molecule has 17 heteroatoms. The number of alkyl halides is 12. The first-order valence-electron chi connectivity index (χ1n) is 8.61. The minimum Gasteiger partial charge on any atom is -0.225 e. The highest BCUT2D eigenvalue weighted by Crippen LogP contribution is 2.64. The number of nitriles is 1. The smallest absolute Gasteiger partial charge is 0.225 e. The Balaban J connectivity index is 3.29. The topological polar surface area (TPSA) is 57.9 Å². The van der Waals surface area contributed by atoms with Gasteiger partial charge in [0.05, 0.1) is 22.0 Å². The van der Waals surface area contributed by atoms with Crippen LogP contribution < -0.4 is 0 Å². The average molecular weight is 610 g/mol. The van der Waals surface area contributed by atoms with Gasteiger partial charge in [-0.2, -0.15) is 53.6 Å². The summed E-state index contributed by atoms with van der Waals surface area (Å²) in [6.07, 6.45) is -17.0. The third-order valence-corrected chi connectivity index (χ3v) is 7.08. The van der Waals surface area contributed by atoms with Crippen LogP contribution in [0.25, 0.3) is 0 Å². The number of hydrogen-bond acceptors (Lipinski definition) is 3. The number of benzene rings is 1. The number of hydrogen-bond donors (Lipinski definition) is 0. The number of nitrogens with zero attached hydrogens (tertiary/aromatic N) is 1. The van der Waals surface area contributed by atoms with Crippen LogP contribution in [0.1, 0.15) is 17.5 Å². The van der Waals surface area contributed by atoms with Gasteiger partial charge in [0.2, 0.25) is 0 Å². The first-order chi connectivity index (χ1) is 15.5. The van der Waals surface area contributed by atoms with Gasteiger partial charge in [0.25, 0.3) is 15.5 Å². The van der Waals surface area contributed by atoms with Crippen LogP contribution in [0.2, 0.25) is 0 Å². The van der Waals surface area contributed by atoms with Gasteiger partial charge in [-0.3, -0.25) is 0 Å². The quantitative estimate of drug-likeness (QED) is 0.354. The predicted octanol–water partition coefficient (Wildman–Crippen LogP) is 6.77. The van der Waals surface area contributed by atoms with Crippen LogP contribution in [0, 0.1) is 11.3 Å². The van der Waals surface area contributed by atoms with Gasteiger partial charge in [-0.05, 0) is 16.1 Å². The molecular formula is C18H8BrF12NO2S. The molecule has 0 amide bonds. The fourth-order valence-electron chi connectivity index (χ4n) is 3.48. The molecule has 0 bridgehead atoms. The molecule has 194 valence electrons. The van der Waals surface area contributed by atoms with Crippen molar-refractivity contribution in [2.45, 2.75) is 41.3 Å². The third-order valence-electron chi connectivity index (χ3n) is 5.01. The molecule has 0 radical (unpaired) electrons. The second-order valence-electron chi connectivity index (χ2n) is 7.08. The Morgan fingerprint density at radius 1 is 0.857 bits per heavy atom. The normalized spacial score (nSPS) is 22.1. The predicted molar refractivity (Wildman–Crippen MR) is 98.4 cm³/mol. The lowest BCUT2D eigenvalue weighted by molar-refractivity contribution is -0.392. The van der Waals surface area contributed by atoms with Crippen molar-refractivity contribution in [3.05, 3.63) is 56.9 Å². The zero-order chi connectivity index (χ0) is 27.5. The zero-order valence-electron chi connectivity index (χ0n) is 16.3. The lowest BCUT2D eigenvalue weighted by atomic mass is 9.62. The monoisotopic (exact) mass is 609 g/mol. The van der Waals surface area contributed by atoms with Crippen molar-refractivity contribution in [2.75, 3.05) is 0 Å². The molecule has 2 atom stereocenters. The van der Waals surface area contributed by atoms with Gasteiger partial charge in [-0.1, -0.05) is 46.3 Å². The largest absolute Gasteiger partial charge is 0.501 e. The van der Waals surface area contributed by atoms with Crippen molar-refractivity contribution in [2.24, 2.45) is 0 Å². The standard InChI is InChI=1S/C18H8BrF12NO2S/c19-10-5-11(35(33,34)18(29,30)31)7-13(6-10,12-4-2-1-3-9(12)8-32)14(20,16(23,24)25)15(21,22)17(26,27)28/h1-4,6-7H,5H2. The Morgan fingerprint density at radius 3 is 1.80 bits per heavy atom. The summed E-state index contributed by atoms with van der Waals surface area (Å²) in [5.74, 6) is -7.37. The summed E-state index contributed by atoms with van der Waals surface area (Å²) in [5, 5.41) is 9.20. The van der Waals surface area contributed by atoms with Crippen LogP contribution in [0.4, 0.5) is 52.7 Å². The Hall–Kier alpha value is -2.22. The van der Waals surface area contributed by atoms with E-state index in [4.69, 9.17) is 0 Å². The maximum absolute atomic E-state index is 15.9. The molecule has 1 aromatic carbocycles. The molecule has 0 aliphatic heterocycles. The highest BCUT2D eigenvalue weighted by molar-refractivity contribution is 9.11. The minimum atomic E-state index is -7.37. The van der Waals surface area contributed by atoms with Crippen LogP contribution in [0.5, 0.6) is 0 Å². The van der Waals surface area contributed by atoms with Crippen molar-refractivity contribution >= 4 is 25.8 Å². The van der Waals surface area contributed by atoms with E-state index < -0.39 is 77.7 Å². The maximum atomic E-state index is 15.9. The van der Waals surface area contributed by atoms with E-state index in [1.807, 2.05) is 0 Å². The van der Waals surface area contributed by atoms with Gasteiger partial charge < -0.3 is 0 Å². The molecule has 2 unspecified atom stereocenters. The van der Waals surface area contributed by atoms with E-state index >= 15 is 4.39 Å². The third kappa shape index (κ3) is 4.21. The molecule has 0 saturated carbocycles. The molecular weight excluding hydrogens is 602 g/mol. The molecule has 1 aliphatic carbocycles. The number of allylic oxidation sites excluding steroid dienone is 4. The van der Waals surface area contributed by atoms with Crippen LogP contribution in [0.15, 0.2) is 45.8 Å². The number of rotatable bonds is 4. The van der Waals surface area contributed by atoms with Crippen LogP contribution in [0.3, 0.4) is 0 Å². The van der Waals surface area contributed by atoms with Crippen molar-refractivity contribution in [3.63, 3.8) is 0 Å². The molecule has 3 nitrogen and oxygen atoms in total. The maximum Gasteiger partial charge on any atom is 0.501 e. The van der Waals surface area contributed by atoms with Crippen molar-refractivity contribution in [1.82, 2.24) is 0 Å². The number of sulfone groups is 1. The van der Waals surface area contributed by atoms with E-state index in [1.165, 1.54) is 0 Å². The second-order valence-corrected chi connectivity index (χ2v) is 10.1. The lowest BCUT2D eigenvalue weighted by Crippen LogP contribution is -2.71. The molecule has 0 spiro atoms. The summed E-state index contributed by atoms with van der Waals surface area (Å²) in [7, 11) is -6.67. The van der Waals surface area contributed by atoms with E-state index in [1.54, 1.807) is 0 Å². The van der Waals surface area contributed by atoms with Crippen molar-refractivity contribution in [1.29, 1.82) is 5.26 Å². The zero-order valence-corrected chi connectivity index (χ0v) is 18.7. The highest BCUT2D eigenvalue weighted by atomic mass is 79.9. The summed E-state index contributed by atoms with van der Waals surface area (Å²) >= 11 is 2.33. The Labute approximate surface area is 196 Å². The molecule has 35 heavy (non-hydrogen) atoms. The fraction of sp³-hybridized carbons (Fsp3) is 0.389. The van der Waals surface area contributed by atoms with Crippen LogP contribution >= 0.6 is 15.9 Å². The van der Waals surface area contributed by atoms with E-state index in [2.05, 4.69) is 15.9 Å². The minimum absolute atomic E-state index is 0.258. The van der Waals surface area contributed by atoms with Crippen molar-refractivity contribution in [3.8, 4) is 6.07 Å². The van der Waals surface area contributed by atoms with Gasteiger partial charge in [-0.25, -0.2) is 12.8 Å². The molecule has 0 fully saturated rings. The molecule has 2 rings (SSSR count). The lowest BCUT2D eigenvalue weighted by Gasteiger charge is -2.48. The van der Waals surface area contributed by atoms with Gasteiger partial charge in [-0.15, -0.1) is 0 Å². The SMILES string of the molecule is N#Cc1ccccc1C1(C(F)(C(F)(F)F)C(F)(F)C(F)(F)F)C=C(Br)CC(S(=O)(=O)C(F)(F)F)=C1. The van der Waals surface area contributed by atoms with E-state index in [0.29, 0.717) is 12.1 Å². The van der Waals surface area contributed by atoms with Gasteiger partial charge >= 0.3 is 23.8 Å². The average Bonchev–Trinajstić information content (AvgIpc) is 2.69. The summed E-state index contributed by atoms with van der Waals surface area (Å²) in [5.41, 5.74) is -20.5. The van der Waals surface area contributed by atoms with Gasteiger partial charge in [0.1, 0.15) is 0 Å². The van der Waals surface area contributed by atoms with Crippen molar-refractivity contribution < 1.29 is 61.1 Å². The first kappa shape index (κ1) is 29.0. The van der Waals surface area contributed by atoms with Gasteiger partial charge in [0.15, 0.2) is 0 Å². The highest BCUT2D eigenvalue weighted by Gasteiger charge is 2.87. The summed E-state index contributed by atoms with van der Waals surface area (Å²) in [6, 6.07) is 3.51. The molecule has 1 aliphatic rings. The molecule has 0 aromatic heterocycles. The summed E-state index contributed by atoms with van der Waals surface area (Å²) in [4.78, 5) is -2.16. The van der Waals surface area contributed by atoms with E-state index in [0.717, 1.165) is 12.1 Å². The molecule has 0 saturated heterocycles. The Bertz CT molecular complexity index is 1220. The first-order valence-corrected chi connectivity index (χ1v) is 10.9. The molecule has 0 N–H and O–H groups in total. The van der Waals surface area contributed by atoms with Crippen LogP contribution in [-0.2, 0) is 15.3 Å². The Morgan fingerprint density at radius 2 is 1.37 bits per heavy atom. The Kier molecular flexibility index (Phi) is 6.98. The molecule has 0 heterocycles. The molecule has 1 aromatic rings. The summed E-state index contributed by atoms with van der Waals surface area (Å²) < 4.78 is 188. The van der Waals surface area contributed by atoms with E-state index in [9.17, 15) is 62.0 Å². The number of halogens is 13.